The Hall–Kier alpha value is -1.55. The van der Waals surface area contributed by atoms with Crippen molar-refractivity contribution in [3.8, 4) is 5.75 Å². The first-order valence-corrected chi connectivity index (χ1v) is 5.73. The van der Waals surface area contributed by atoms with Gasteiger partial charge in [-0.25, -0.2) is 4.79 Å². The van der Waals surface area contributed by atoms with E-state index in [1.807, 2.05) is 12.1 Å². The van der Waals surface area contributed by atoms with Crippen LogP contribution in [0.4, 0.5) is 0 Å². The van der Waals surface area contributed by atoms with Crippen LogP contribution in [-0.4, -0.2) is 44.2 Å². The molecule has 0 aliphatic carbocycles. The van der Waals surface area contributed by atoms with Crippen molar-refractivity contribution in [2.75, 3.05) is 27.2 Å². The van der Waals surface area contributed by atoms with Crippen LogP contribution < -0.4 is 4.74 Å². The molecule has 1 aliphatic rings. The van der Waals surface area contributed by atoms with E-state index in [9.17, 15) is 4.79 Å². The molecule has 1 aromatic rings. The van der Waals surface area contributed by atoms with Gasteiger partial charge in [-0.1, -0.05) is 12.1 Å². The van der Waals surface area contributed by atoms with Crippen molar-refractivity contribution in [3.63, 3.8) is 0 Å². The Bertz CT molecular complexity index is 405. The highest BCUT2D eigenvalue weighted by Crippen LogP contribution is 2.22. The Balaban J connectivity index is 2.12. The second-order valence-corrected chi connectivity index (χ2v) is 4.28. The third-order valence-electron chi connectivity index (χ3n) is 2.93. The van der Waals surface area contributed by atoms with Gasteiger partial charge in [0.1, 0.15) is 17.4 Å². The topological polar surface area (TPSA) is 38.8 Å². The van der Waals surface area contributed by atoms with E-state index < -0.39 is 0 Å². The highest BCUT2D eigenvalue weighted by molar-refractivity contribution is 5.92. The van der Waals surface area contributed by atoms with E-state index in [2.05, 4.69) is 11.9 Å². The van der Waals surface area contributed by atoms with Gasteiger partial charge in [-0.3, -0.25) is 0 Å². The van der Waals surface area contributed by atoms with Crippen molar-refractivity contribution in [2.45, 2.75) is 12.5 Å². The molecule has 1 saturated heterocycles. The number of methoxy groups -OCH3 is 1. The first-order chi connectivity index (χ1) is 8.20. The summed E-state index contributed by atoms with van der Waals surface area (Å²) in [6, 6.07) is 7.20. The molecule has 1 fully saturated rings. The number of likely N-dealkylation sites (tertiary alicyclic amines) is 1. The fraction of sp³-hybridized carbons (Fsp3) is 0.462. The zero-order valence-electron chi connectivity index (χ0n) is 10.2. The van der Waals surface area contributed by atoms with E-state index in [4.69, 9.17) is 9.47 Å². The van der Waals surface area contributed by atoms with Crippen LogP contribution in [0.3, 0.4) is 0 Å². The lowest BCUT2D eigenvalue weighted by atomic mass is 10.2. The number of benzene rings is 1. The van der Waals surface area contributed by atoms with Crippen LogP contribution in [0.1, 0.15) is 16.8 Å². The third-order valence-corrected chi connectivity index (χ3v) is 2.93. The average molecular weight is 235 g/mol. The van der Waals surface area contributed by atoms with Gasteiger partial charge in [0.05, 0.1) is 7.11 Å². The molecule has 0 N–H and O–H groups in total. The number of hydrogen-bond acceptors (Lipinski definition) is 4. The lowest BCUT2D eigenvalue weighted by molar-refractivity contribution is 0.0593. The Morgan fingerprint density at radius 2 is 2.18 bits per heavy atom. The van der Waals surface area contributed by atoms with Crippen molar-refractivity contribution < 1.29 is 14.3 Å². The van der Waals surface area contributed by atoms with Gasteiger partial charge in [0.2, 0.25) is 0 Å². The first-order valence-electron chi connectivity index (χ1n) is 5.73. The van der Waals surface area contributed by atoms with Crippen molar-refractivity contribution in [1.29, 1.82) is 0 Å². The van der Waals surface area contributed by atoms with E-state index >= 15 is 0 Å². The minimum absolute atomic E-state index is 0.158. The molecule has 4 nitrogen and oxygen atoms in total. The van der Waals surface area contributed by atoms with Gasteiger partial charge >= 0.3 is 5.97 Å². The summed E-state index contributed by atoms with van der Waals surface area (Å²) in [6.07, 6.45) is 1.15. The van der Waals surface area contributed by atoms with Crippen LogP contribution in [0, 0.1) is 0 Å². The molecule has 1 unspecified atom stereocenters. The number of ether oxygens (including phenoxy) is 2. The van der Waals surface area contributed by atoms with Crippen molar-refractivity contribution in [3.05, 3.63) is 29.8 Å². The normalized spacial score (nSPS) is 20.2. The fourth-order valence-electron chi connectivity index (χ4n) is 2.02. The number of carbonyl (C=O) groups is 1. The Morgan fingerprint density at radius 1 is 1.41 bits per heavy atom. The monoisotopic (exact) mass is 235 g/mol. The average Bonchev–Trinajstić information content (AvgIpc) is 2.74. The minimum atomic E-state index is -0.355. The Labute approximate surface area is 101 Å². The number of carbonyl (C=O) groups excluding carboxylic acids is 1. The van der Waals surface area contributed by atoms with Gasteiger partial charge in [0.15, 0.2) is 0 Å². The van der Waals surface area contributed by atoms with Gasteiger partial charge in [-0.05, 0) is 25.6 Å². The zero-order chi connectivity index (χ0) is 12.3. The lowest BCUT2D eigenvalue weighted by Gasteiger charge is -2.15. The molecule has 92 valence electrons. The van der Waals surface area contributed by atoms with Crippen LogP contribution in [-0.2, 0) is 4.74 Å². The standard InChI is InChI=1S/C13H17NO3/c1-14-8-7-10(9-14)17-12-6-4-3-5-11(12)13(15)16-2/h3-6,10H,7-9H2,1-2H3. The second-order valence-electron chi connectivity index (χ2n) is 4.28. The summed E-state index contributed by atoms with van der Waals surface area (Å²) in [6.45, 7) is 1.93. The van der Waals surface area contributed by atoms with Crippen molar-refractivity contribution in [2.24, 2.45) is 0 Å². The summed E-state index contributed by atoms with van der Waals surface area (Å²) in [4.78, 5) is 13.8. The molecule has 0 spiro atoms. The summed E-state index contributed by atoms with van der Waals surface area (Å²) in [5, 5.41) is 0. The number of hydrogen-bond donors (Lipinski definition) is 0. The van der Waals surface area contributed by atoms with Gasteiger partial charge in [0.25, 0.3) is 0 Å². The highest BCUT2D eigenvalue weighted by atomic mass is 16.5. The maximum atomic E-state index is 11.6. The van der Waals surface area contributed by atoms with Gasteiger partial charge < -0.3 is 14.4 Å². The molecule has 1 aromatic carbocycles. The van der Waals surface area contributed by atoms with E-state index in [1.54, 1.807) is 12.1 Å². The third kappa shape index (κ3) is 2.77. The molecule has 0 saturated carbocycles. The Morgan fingerprint density at radius 3 is 2.82 bits per heavy atom. The summed E-state index contributed by atoms with van der Waals surface area (Å²) in [7, 11) is 3.44. The van der Waals surface area contributed by atoms with Crippen molar-refractivity contribution in [1.82, 2.24) is 4.90 Å². The molecule has 0 radical (unpaired) electrons. The minimum Gasteiger partial charge on any atom is -0.488 e. The van der Waals surface area contributed by atoms with Gasteiger partial charge in [-0.15, -0.1) is 0 Å². The van der Waals surface area contributed by atoms with E-state index in [-0.39, 0.29) is 12.1 Å². The molecule has 1 atom stereocenters. The predicted octanol–water partition coefficient (Wildman–Crippen LogP) is 1.56. The van der Waals surface area contributed by atoms with Crippen LogP contribution in [0.25, 0.3) is 0 Å². The fourth-order valence-corrected chi connectivity index (χ4v) is 2.02. The summed E-state index contributed by atoms with van der Waals surface area (Å²) in [5.41, 5.74) is 0.490. The molecule has 1 heterocycles. The van der Waals surface area contributed by atoms with Crippen LogP contribution in [0.15, 0.2) is 24.3 Å². The zero-order valence-corrected chi connectivity index (χ0v) is 10.2. The largest absolute Gasteiger partial charge is 0.488 e. The molecule has 0 bridgehead atoms. The second kappa shape index (κ2) is 5.19. The van der Waals surface area contributed by atoms with Gasteiger partial charge in [-0.2, -0.15) is 0 Å². The van der Waals surface area contributed by atoms with E-state index in [1.165, 1.54) is 7.11 Å². The summed E-state index contributed by atoms with van der Waals surface area (Å²) >= 11 is 0. The molecule has 17 heavy (non-hydrogen) atoms. The van der Waals surface area contributed by atoms with Crippen molar-refractivity contribution >= 4 is 5.97 Å². The predicted molar refractivity (Wildman–Crippen MR) is 64.3 cm³/mol. The summed E-state index contributed by atoms with van der Waals surface area (Å²) < 4.78 is 10.6. The van der Waals surface area contributed by atoms with Crippen LogP contribution in [0.2, 0.25) is 0 Å². The van der Waals surface area contributed by atoms with Crippen LogP contribution in [0.5, 0.6) is 5.75 Å². The maximum Gasteiger partial charge on any atom is 0.341 e. The number of esters is 1. The molecular weight excluding hydrogens is 218 g/mol. The SMILES string of the molecule is COC(=O)c1ccccc1OC1CCN(C)C1. The smallest absolute Gasteiger partial charge is 0.341 e. The number of para-hydroxylation sites is 1. The van der Waals surface area contributed by atoms with E-state index in [0.29, 0.717) is 11.3 Å². The quantitative estimate of drug-likeness (QED) is 0.745. The maximum absolute atomic E-state index is 11.6. The van der Waals surface area contributed by atoms with E-state index in [0.717, 1.165) is 19.5 Å². The molecule has 1 aliphatic heterocycles. The first kappa shape index (κ1) is 11.9. The molecule has 0 aromatic heterocycles. The molecular formula is C13H17NO3. The Kier molecular flexibility index (Phi) is 3.64. The number of nitrogens with zero attached hydrogens (tertiary/aromatic N) is 1. The molecule has 4 heteroatoms. The van der Waals surface area contributed by atoms with Gasteiger partial charge in [0, 0.05) is 13.1 Å². The lowest BCUT2D eigenvalue weighted by Crippen LogP contribution is -2.22. The molecule has 2 rings (SSSR count). The summed E-state index contributed by atoms with van der Waals surface area (Å²) in [5.74, 6) is 0.256. The number of likely N-dealkylation sites (N-methyl/N-ethyl adjacent to an activating group) is 1. The van der Waals surface area contributed by atoms with Crippen LogP contribution >= 0.6 is 0 Å². The molecule has 0 amide bonds. The highest BCUT2D eigenvalue weighted by Gasteiger charge is 2.23. The number of rotatable bonds is 3.